The molecule has 3 aromatic heterocycles. The standard InChI is InChI=1S/C19H14F2N6O3/c20-9-3-4-10(21)15-12(9)24-17(29-15)14-13-11(22-7-23-13)5-6-27(14)19(28)18-26-25-16(30-18)8-1-2-8/h3-4,7-8,14H,1-2,5-6H2,(H,22,23)/t14-/m0/s1. The van der Waals surface area contributed by atoms with Crippen LogP contribution in [0.1, 0.15) is 58.7 Å². The minimum atomic E-state index is -0.894. The minimum absolute atomic E-state index is 0.0441. The average Bonchev–Trinajstić information content (AvgIpc) is 3.16. The Morgan fingerprint density at radius 2 is 1.97 bits per heavy atom. The molecular formula is C19H14F2N6O3. The summed E-state index contributed by atoms with van der Waals surface area (Å²) >= 11 is 0. The van der Waals surface area contributed by atoms with Gasteiger partial charge >= 0.3 is 11.8 Å². The van der Waals surface area contributed by atoms with Crippen LogP contribution >= 0.6 is 0 Å². The quantitative estimate of drug-likeness (QED) is 0.550. The van der Waals surface area contributed by atoms with E-state index in [0.717, 1.165) is 30.7 Å². The molecule has 9 nitrogen and oxygen atoms in total. The van der Waals surface area contributed by atoms with Gasteiger partial charge in [-0.15, -0.1) is 10.2 Å². The lowest BCUT2D eigenvalue weighted by Gasteiger charge is -2.31. The smallest absolute Gasteiger partial charge is 0.312 e. The van der Waals surface area contributed by atoms with Crippen LogP contribution in [0.4, 0.5) is 8.78 Å². The fraction of sp³-hybridized carbons (Fsp3) is 0.316. The van der Waals surface area contributed by atoms with Crippen molar-refractivity contribution in [3.63, 3.8) is 0 Å². The number of carbonyl (C=O) groups excluding carboxylic acids is 1. The van der Waals surface area contributed by atoms with Crippen molar-refractivity contribution >= 4 is 17.0 Å². The van der Waals surface area contributed by atoms with E-state index < -0.39 is 23.6 Å². The summed E-state index contributed by atoms with van der Waals surface area (Å²) in [5.41, 5.74) is 0.725. The molecule has 11 heteroatoms. The second-order valence-corrected chi connectivity index (χ2v) is 7.40. The van der Waals surface area contributed by atoms with Crippen molar-refractivity contribution in [3.8, 4) is 0 Å². The van der Waals surface area contributed by atoms with Gasteiger partial charge in [-0.25, -0.2) is 18.7 Å². The Balaban J connectivity index is 1.45. The SMILES string of the molecule is O=C(c1nnc(C2CC2)o1)N1CCc2[nH]cnc2[C@H]1c1nc2c(F)ccc(F)c2o1. The molecule has 0 spiro atoms. The van der Waals surface area contributed by atoms with E-state index in [4.69, 9.17) is 8.83 Å². The number of benzene rings is 1. The number of aromatic nitrogens is 5. The van der Waals surface area contributed by atoms with E-state index in [0.29, 0.717) is 18.0 Å². The predicted octanol–water partition coefficient (Wildman–Crippen LogP) is 2.88. The first kappa shape index (κ1) is 17.2. The Bertz CT molecular complexity index is 1250. The molecule has 1 aliphatic carbocycles. The monoisotopic (exact) mass is 412 g/mol. The van der Waals surface area contributed by atoms with Gasteiger partial charge in [-0.3, -0.25) is 4.79 Å². The van der Waals surface area contributed by atoms with E-state index in [9.17, 15) is 13.6 Å². The van der Waals surface area contributed by atoms with Gasteiger partial charge in [0.1, 0.15) is 5.52 Å². The fourth-order valence-electron chi connectivity index (χ4n) is 3.76. The van der Waals surface area contributed by atoms with Crippen LogP contribution in [0.2, 0.25) is 0 Å². The largest absolute Gasteiger partial charge is 0.435 e. The van der Waals surface area contributed by atoms with Crippen molar-refractivity contribution in [1.82, 2.24) is 30.0 Å². The van der Waals surface area contributed by atoms with Crippen LogP contribution in [0.25, 0.3) is 11.1 Å². The van der Waals surface area contributed by atoms with E-state index in [2.05, 4.69) is 25.1 Å². The Labute approximate surface area is 167 Å². The molecule has 1 aliphatic heterocycles. The van der Waals surface area contributed by atoms with E-state index in [1.807, 2.05) is 0 Å². The molecule has 1 fully saturated rings. The molecule has 1 saturated carbocycles. The van der Waals surface area contributed by atoms with Gasteiger partial charge in [-0.2, -0.15) is 0 Å². The van der Waals surface area contributed by atoms with Gasteiger partial charge < -0.3 is 18.7 Å². The molecule has 1 aromatic carbocycles. The van der Waals surface area contributed by atoms with Crippen molar-refractivity contribution in [2.24, 2.45) is 0 Å². The summed E-state index contributed by atoms with van der Waals surface area (Å²) in [7, 11) is 0. The number of amides is 1. The molecule has 4 heterocycles. The number of hydrogen-bond donors (Lipinski definition) is 1. The van der Waals surface area contributed by atoms with Crippen LogP contribution in [-0.4, -0.2) is 42.5 Å². The number of rotatable bonds is 3. The molecule has 0 bridgehead atoms. The second-order valence-electron chi connectivity index (χ2n) is 7.40. The van der Waals surface area contributed by atoms with Gasteiger partial charge in [0, 0.05) is 24.6 Å². The summed E-state index contributed by atoms with van der Waals surface area (Å²) in [6.07, 6.45) is 3.91. The third-order valence-corrected chi connectivity index (χ3v) is 5.43. The summed E-state index contributed by atoms with van der Waals surface area (Å²) in [5.74, 6) is -1.52. The maximum atomic E-state index is 14.2. The average molecular weight is 412 g/mol. The molecule has 0 saturated heterocycles. The topological polar surface area (TPSA) is 114 Å². The highest BCUT2D eigenvalue weighted by Crippen LogP contribution is 2.40. The van der Waals surface area contributed by atoms with Gasteiger partial charge in [0.05, 0.1) is 12.0 Å². The van der Waals surface area contributed by atoms with Crippen molar-refractivity contribution < 1.29 is 22.4 Å². The first-order valence-electron chi connectivity index (χ1n) is 9.51. The zero-order valence-corrected chi connectivity index (χ0v) is 15.4. The van der Waals surface area contributed by atoms with Gasteiger partial charge in [-0.05, 0) is 25.0 Å². The molecule has 4 aromatic rings. The van der Waals surface area contributed by atoms with Crippen LogP contribution in [0.3, 0.4) is 0 Å². The van der Waals surface area contributed by atoms with Crippen LogP contribution in [0.15, 0.2) is 27.3 Å². The van der Waals surface area contributed by atoms with Gasteiger partial charge in [0.25, 0.3) is 0 Å². The number of fused-ring (bicyclic) bond motifs is 2. The second kappa shape index (κ2) is 6.18. The van der Waals surface area contributed by atoms with Gasteiger partial charge in [0.2, 0.25) is 11.8 Å². The normalized spacial score (nSPS) is 18.7. The van der Waals surface area contributed by atoms with Crippen molar-refractivity contribution in [2.45, 2.75) is 31.2 Å². The Hall–Kier alpha value is -3.63. The summed E-state index contributed by atoms with van der Waals surface area (Å²) in [6.45, 7) is 0.281. The maximum Gasteiger partial charge on any atom is 0.312 e. The summed E-state index contributed by atoms with van der Waals surface area (Å²) in [4.78, 5) is 26.1. The lowest BCUT2D eigenvalue weighted by Crippen LogP contribution is -2.41. The number of nitrogens with zero attached hydrogens (tertiary/aromatic N) is 5. The molecule has 6 rings (SSSR count). The highest BCUT2D eigenvalue weighted by atomic mass is 19.1. The molecule has 152 valence electrons. The van der Waals surface area contributed by atoms with Crippen LogP contribution in [-0.2, 0) is 6.42 Å². The van der Waals surface area contributed by atoms with Crippen molar-refractivity contribution in [2.75, 3.05) is 6.54 Å². The Kier molecular flexibility index (Phi) is 3.55. The molecule has 0 radical (unpaired) electrons. The zero-order valence-electron chi connectivity index (χ0n) is 15.4. The number of aromatic amines is 1. The van der Waals surface area contributed by atoms with E-state index in [1.54, 1.807) is 0 Å². The molecule has 2 aliphatic rings. The Morgan fingerprint density at radius 3 is 2.77 bits per heavy atom. The predicted molar refractivity (Wildman–Crippen MR) is 95.4 cm³/mol. The zero-order chi connectivity index (χ0) is 20.4. The van der Waals surface area contributed by atoms with Crippen LogP contribution in [0, 0.1) is 11.6 Å². The molecule has 30 heavy (non-hydrogen) atoms. The molecule has 0 unspecified atom stereocenters. The first-order chi connectivity index (χ1) is 14.6. The molecule has 1 N–H and O–H groups in total. The van der Waals surface area contributed by atoms with E-state index in [1.165, 1.54) is 11.2 Å². The van der Waals surface area contributed by atoms with Gasteiger partial charge in [0.15, 0.2) is 23.3 Å². The summed E-state index contributed by atoms with van der Waals surface area (Å²) in [5, 5.41) is 7.85. The number of nitrogens with one attached hydrogen (secondary N) is 1. The number of hydrogen-bond acceptors (Lipinski definition) is 7. The lowest BCUT2D eigenvalue weighted by atomic mass is 10.0. The number of carbonyl (C=O) groups is 1. The number of imidazole rings is 1. The van der Waals surface area contributed by atoms with Crippen LogP contribution < -0.4 is 0 Å². The van der Waals surface area contributed by atoms with Crippen molar-refractivity contribution in [3.05, 3.63) is 59.2 Å². The van der Waals surface area contributed by atoms with Crippen molar-refractivity contribution in [1.29, 1.82) is 0 Å². The van der Waals surface area contributed by atoms with Gasteiger partial charge in [-0.1, -0.05) is 0 Å². The highest BCUT2D eigenvalue weighted by molar-refractivity contribution is 5.90. The van der Waals surface area contributed by atoms with Crippen LogP contribution in [0.5, 0.6) is 0 Å². The molecule has 1 amide bonds. The highest BCUT2D eigenvalue weighted by Gasteiger charge is 2.40. The third kappa shape index (κ3) is 2.54. The number of oxazole rings is 1. The minimum Gasteiger partial charge on any atom is -0.435 e. The fourth-order valence-corrected chi connectivity index (χ4v) is 3.76. The third-order valence-electron chi connectivity index (χ3n) is 5.43. The first-order valence-corrected chi connectivity index (χ1v) is 9.51. The number of H-pyrrole nitrogens is 1. The summed E-state index contributed by atoms with van der Waals surface area (Å²) in [6, 6.07) is 1.05. The van der Waals surface area contributed by atoms with E-state index >= 15 is 0 Å². The lowest BCUT2D eigenvalue weighted by molar-refractivity contribution is 0.0624. The Morgan fingerprint density at radius 1 is 1.13 bits per heavy atom. The number of halogens is 2. The summed E-state index contributed by atoms with van der Waals surface area (Å²) < 4.78 is 39.4. The van der Waals surface area contributed by atoms with E-state index in [-0.39, 0.29) is 35.3 Å². The molecule has 1 atom stereocenters. The molecular weight excluding hydrogens is 398 g/mol. The maximum absolute atomic E-state index is 14.2.